The van der Waals surface area contributed by atoms with Crippen LogP contribution in [-0.2, 0) is 4.79 Å². The number of benzene rings is 1. The maximum absolute atomic E-state index is 13.9. The fraction of sp³-hybridized carbons (Fsp3) is 0.529. The van der Waals surface area contributed by atoms with Gasteiger partial charge in [0.05, 0.1) is 10.6 Å². The van der Waals surface area contributed by atoms with Gasteiger partial charge in [-0.2, -0.15) is 0 Å². The summed E-state index contributed by atoms with van der Waals surface area (Å²) in [6.45, 7) is 7.76. The van der Waals surface area contributed by atoms with E-state index in [0.717, 1.165) is 0 Å². The molecule has 0 N–H and O–H groups in total. The minimum atomic E-state index is -0.617. The van der Waals surface area contributed by atoms with E-state index in [1.165, 1.54) is 18.2 Å². The van der Waals surface area contributed by atoms with Gasteiger partial charge < -0.3 is 9.80 Å². The Morgan fingerprint density at radius 1 is 1.13 bits per heavy atom. The number of piperazine rings is 1. The smallest absolute Gasteiger partial charge is 0.258 e. The van der Waals surface area contributed by atoms with E-state index in [0.29, 0.717) is 32.6 Å². The lowest BCUT2D eigenvalue weighted by molar-refractivity contribution is -0.134. The minimum Gasteiger partial charge on any atom is -0.339 e. The second kappa shape index (κ2) is 6.87. The lowest BCUT2D eigenvalue weighted by Gasteiger charge is -2.36. The molecule has 1 saturated heterocycles. The van der Waals surface area contributed by atoms with Crippen LogP contribution in [0.2, 0.25) is 5.02 Å². The molecule has 126 valence electrons. The Kier molecular flexibility index (Phi) is 5.30. The molecule has 0 bridgehead atoms. The van der Waals surface area contributed by atoms with Crippen LogP contribution in [0.25, 0.3) is 0 Å². The molecule has 4 nitrogen and oxygen atoms in total. The Morgan fingerprint density at radius 2 is 1.70 bits per heavy atom. The van der Waals surface area contributed by atoms with Crippen molar-refractivity contribution in [3.05, 3.63) is 34.6 Å². The van der Waals surface area contributed by atoms with Crippen LogP contribution in [-0.4, -0.2) is 47.8 Å². The molecule has 1 aliphatic heterocycles. The highest BCUT2D eigenvalue weighted by Crippen LogP contribution is 2.23. The van der Waals surface area contributed by atoms with Crippen molar-refractivity contribution >= 4 is 23.4 Å². The zero-order valence-electron chi connectivity index (χ0n) is 13.7. The largest absolute Gasteiger partial charge is 0.339 e. The molecule has 0 radical (unpaired) electrons. The van der Waals surface area contributed by atoms with Gasteiger partial charge in [-0.25, -0.2) is 4.39 Å². The van der Waals surface area contributed by atoms with E-state index in [2.05, 4.69) is 0 Å². The Bertz CT molecular complexity index is 585. The molecule has 0 aliphatic carbocycles. The number of carbonyl (C=O) groups is 2. The number of amides is 2. The van der Waals surface area contributed by atoms with Crippen molar-refractivity contribution < 1.29 is 14.0 Å². The highest BCUT2D eigenvalue weighted by molar-refractivity contribution is 6.33. The normalized spacial score (nSPS) is 15.7. The van der Waals surface area contributed by atoms with Gasteiger partial charge in [0.1, 0.15) is 5.82 Å². The fourth-order valence-electron chi connectivity index (χ4n) is 2.58. The molecular weight excluding hydrogens is 319 g/mol. The highest BCUT2D eigenvalue weighted by atomic mass is 35.5. The van der Waals surface area contributed by atoms with Crippen LogP contribution in [0, 0.1) is 11.2 Å². The Balaban J connectivity index is 1.99. The summed E-state index contributed by atoms with van der Waals surface area (Å²) < 4.78 is 13.9. The molecule has 2 amide bonds. The highest BCUT2D eigenvalue weighted by Gasteiger charge is 2.28. The summed E-state index contributed by atoms with van der Waals surface area (Å²) >= 11 is 5.94. The molecule has 1 aromatic rings. The maximum atomic E-state index is 13.9. The maximum Gasteiger partial charge on any atom is 0.258 e. The van der Waals surface area contributed by atoms with E-state index in [1.807, 2.05) is 20.8 Å². The monoisotopic (exact) mass is 340 g/mol. The van der Waals surface area contributed by atoms with Crippen molar-refractivity contribution in [1.82, 2.24) is 9.80 Å². The average molecular weight is 341 g/mol. The summed E-state index contributed by atoms with van der Waals surface area (Å²) in [5, 5.41) is 0.112. The molecule has 0 unspecified atom stereocenters. The Morgan fingerprint density at radius 3 is 2.22 bits per heavy atom. The molecular formula is C17H22ClFN2O2. The first-order chi connectivity index (χ1) is 10.7. The van der Waals surface area contributed by atoms with Gasteiger partial charge in [-0.1, -0.05) is 38.4 Å². The third kappa shape index (κ3) is 4.44. The van der Waals surface area contributed by atoms with Crippen LogP contribution < -0.4 is 0 Å². The van der Waals surface area contributed by atoms with Crippen LogP contribution in [0.5, 0.6) is 0 Å². The quantitative estimate of drug-likeness (QED) is 0.829. The van der Waals surface area contributed by atoms with Crippen molar-refractivity contribution in [1.29, 1.82) is 0 Å². The van der Waals surface area contributed by atoms with Crippen molar-refractivity contribution in [2.45, 2.75) is 27.2 Å². The first kappa shape index (κ1) is 17.7. The summed E-state index contributed by atoms with van der Waals surface area (Å²) in [5.74, 6) is -0.946. The number of hydrogen-bond acceptors (Lipinski definition) is 2. The zero-order chi connectivity index (χ0) is 17.2. The summed E-state index contributed by atoms with van der Waals surface area (Å²) in [7, 11) is 0. The Hall–Kier alpha value is -1.62. The molecule has 1 aromatic carbocycles. The topological polar surface area (TPSA) is 40.6 Å². The number of rotatable bonds is 2. The molecule has 6 heteroatoms. The molecule has 23 heavy (non-hydrogen) atoms. The van der Waals surface area contributed by atoms with Crippen LogP contribution in [0.3, 0.4) is 0 Å². The number of nitrogens with zero attached hydrogens (tertiary/aromatic N) is 2. The average Bonchev–Trinajstić information content (AvgIpc) is 2.45. The van der Waals surface area contributed by atoms with E-state index >= 15 is 0 Å². The second-order valence-corrected chi connectivity index (χ2v) is 7.41. The molecule has 0 atom stereocenters. The molecule has 1 heterocycles. The summed E-state index contributed by atoms with van der Waals surface area (Å²) in [5.41, 5.74) is -0.159. The van der Waals surface area contributed by atoms with Crippen LogP contribution in [0.1, 0.15) is 37.6 Å². The van der Waals surface area contributed by atoms with Gasteiger partial charge >= 0.3 is 0 Å². The summed E-state index contributed by atoms with van der Waals surface area (Å²) in [4.78, 5) is 28.0. The van der Waals surface area contributed by atoms with Gasteiger partial charge in [0.2, 0.25) is 5.91 Å². The summed E-state index contributed by atoms with van der Waals surface area (Å²) in [6, 6.07) is 4.20. The Labute approximate surface area is 141 Å². The van der Waals surface area contributed by atoms with E-state index in [9.17, 15) is 14.0 Å². The second-order valence-electron chi connectivity index (χ2n) is 7.01. The van der Waals surface area contributed by atoms with Crippen molar-refractivity contribution in [2.24, 2.45) is 5.41 Å². The van der Waals surface area contributed by atoms with Gasteiger partial charge in [0.15, 0.2) is 0 Å². The molecule has 2 rings (SSSR count). The number of halogens is 2. The zero-order valence-corrected chi connectivity index (χ0v) is 14.5. The predicted octanol–water partition coefficient (Wildman–Crippen LogP) is 3.20. The van der Waals surface area contributed by atoms with Gasteiger partial charge in [-0.05, 0) is 17.5 Å². The lowest BCUT2D eigenvalue weighted by Crippen LogP contribution is -2.51. The van der Waals surface area contributed by atoms with Crippen molar-refractivity contribution in [3.8, 4) is 0 Å². The molecule has 0 spiro atoms. The fourth-order valence-corrected chi connectivity index (χ4v) is 2.83. The van der Waals surface area contributed by atoms with Crippen LogP contribution in [0.4, 0.5) is 4.39 Å². The van der Waals surface area contributed by atoms with Crippen molar-refractivity contribution in [3.63, 3.8) is 0 Å². The van der Waals surface area contributed by atoms with Crippen molar-refractivity contribution in [2.75, 3.05) is 26.2 Å². The molecule has 1 fully saturated rings. The van der Waals surface area contributed by atoms with Gasteiger partial charge in [-0.15, -0.1) is 0 Å². The number of hydrogen-bond donors (Lipinski definition) is 0. The van der Waals surface area contributed by atoms with E-state index in [4.69, 9.17) is 11.6 Å². The van der Waals surface area contributed by atoms with Crippen LogP contribution >= 0.6 is 11.6 Å². The third-order valence-corrected chi connectivity index (χ3v) is 4.09. The predicted molar refractivity (Wildman–Crippen MR) is 88.0 cm³/mol. The standard InChI is InChI=1S/C17H22ClFN2O2/c1-17(2,3)11-14(22)20-7-9-21(10-8-20)16(23)15-12(18)5-4-6-13(15)19/h4-6H,7-11H2,1-3H3. The first-order valence-corrected chi connectivity index (χ1v) is 8.08. The van der Waals surface area contributed by atoms with E-state index in [1.54, 1.807) is 9.80 Å². The SMILES string of the molecule is CC(C)(C)CC(=O)N1CCN(C(=O)c2c(F)cccc2Cl)CC1. The molecule has 1 aliphatic rings. The van der Waals surface area contributed by atoms with Crippen LogP contribution in [0.15, 0.2) is 18.2 Å². The summed E-state index contributed by atoms with van der Waals surface area (Å²) in [6.07, 6.45) is 0.472. The van der Waals surface area contributed by atoms with Gasteiger partial charge in [0.25, 0.3) is 5.91 Å². The molecule has 0 saturated carbocycles. The van der Waals surface area contributed by atoms with Gasteiger partial charge in [-0.3, -0.25) is 9.59 Å². The van der Waals surface area contributed by atoms with E-state index < -0.39 is 11.7 Å². The van der Waals surface area contributed by atoms with Gasteiger partial charge in [0, 0.05) is 32.6 Å². The van der Waals surface area contributed by atoms with E-state index in [-0.39, 0.29) is 21.9 Å². The minimum absolute atomic E-state index is 0.0648. The number of carbonyl (C=O) groups excluding carboxylic acids is 2. The third-order valence-electron chi connectivity index (χ3n) is 3.78. The molecule has 0 aromatic heterocycles. The lowest BCUT2D eigenvalue weighted by atomic mass is 9.91. The first-order valence-electron chi connectivity index (χ1n) is 7.70.